The quantitative estimate of drug-likeness (QED) is 0.604. The van der Waals surface area contributed by atoms with Gasteiger partial charge in [-0.05, 0) is 18.7 Å². The summed E-state index contributed by atoms with van der Waals surface area (Å²) in [6, 6.07) is 3.57. The Kier molecular flexibility index (Phi) is 4.33. The Bertz CT molecular complexity index is 384. The Labute approximate surface area is 92.8 Å². The van der Waals surface area contributed by atoms with Gasteiger partial charge in [-0.2, -0.15) is 0 Å². The number of benzene rings is 1. The summed E-state index contributed by atoms with van der Waals surface area (Å²) in [5.74, 6) is -0.592. The normalized spacial score (nSPS) is 10.8. The largest absolute Gasteiger partial charge is 0.329 e. The number of nitro groups is 1. The van der Waals surface area contributed by atoms with Crippen LogP contribution >= 0.6 is 0 Å². The first-order valence-electron chi connectivity index (χ1n) is 4.85. The molecular weight excluding hydrogens is 213 g/mol. The molecule has 16 heavy (non-hydrogen) atoms. The zero-order chi connectivity index (χ0) is 12.1. The first kappa shape index (κ1) is 12.5. The van der Waals surface area contributed by atoms with Crippen molar-refractivity contribution in [3.8, 4) is 0 Å². The zero-order valence-electron chi connectivity index (χ0n) is 9.02. The van der Waals surface area contributed by atoms with E-state index in [4.69, 9.17) is 5.73 Å². The third-order valence-electron chi connectivity index (χ3n) is 2.12. The van der Waals surface area contributed by atoms with Crippen molar-refractivity contribution in [2.24, 2.45) is 5.73 Å². The lowest BCUT2D eigenvalue weighted by atomic mass is 10.2. The molecule has 0 aromatic heterocycles. The highest BCUT2D eigenvalue weighted by Gasteiger charge is 2.10. The van der Waals surface area contributed by atoms with Crippen LogP contribution in [0.4, 0.5) is 10.1 Å². The van der Waals surface area contributed by atoms with Crippen LogP contribution in [0, 0.1) is 15.9 Å². The minimum atomic E-state index is -0.602. The summed E-state index contributed by atoms with van der Waals surface area (Å²) in [6.45, 7) is 1.59. The van der Waals surface area contributed by atoms with E-state index in [0.717, 1.165) is 6.07 Å². The Morgan fingerprint density at radius 1 is 1.50 bits per heavy atom. The average Bonchev–Trinajstić information content (AvgIpc) is 2.16. The van der Waals surface area contributed by atoms with Crippen LogP contribution in [0.25, 0.3) is 0 Å². The number of nitrogens with two attached hydrogens (primary N) is 1. The van der Waals surface area contributed by atoms with Gasteiger partial charge in [-0.15, -0.1) is 0 Å². The van der Waals surface area contributed by atoms with Crippen molar-refractivity contribution in [3.05, 3.63) is 39.7 Å². The molecule has 0 bridgehead atoms. The molecule has 0 saturated heterocycles. The van der Waals surface area contributed by atoms with Crippen LogP contribution in [0.5, 0.6) is 0 Å². The van der Waals surface area contributed by atoms with E-state index in [2.05, 4.69) is 0 Å². The number of non-ortho nitro benzene ring substituents is 1. The summed E-state index contributed by atoms with van der Waals surface area (Å²) in [4.78, 5) is 11.8. The van der Waals surface area contributed by atoms with Crippen LogP contribution in [0.3, 0.4) is 0 Å². The second kappa shape index (κ2) is 5.53. The molecule has 0 aliphatic rings. The fraction of sp³-hybridized carbons (Fsp3) is 0.400. The molecule has 1 rings (SSSR count). The predicted molar refractivity (Wildman–Crippen MR) is 58.4 cm³/mol. The van der Waals surface area contributed by atoms with Gasteiger partial charge in [0.15, 0.2) is 0 Å². The minimum Gasteiger partial charge on any atom is -0.329 e. The van der Waals surface area contributed by atoms with Gasteiger partial charge in [0.25, 0.3) is 5.69 Å². The number of hydrogen-bond donors (Lipinski definition) is 1. The fourth-order valence-corrected chi connectivity index (χ4v) is 1.44. The van der Waals surface area contributed by atoms with E-state index < -0.39 is 10.7 Å². The number of halogens is 1. The van der Waals surface area contributed by atoms with Gasteiger partial charge in [-0.1, -0.05) is 0 Å². The Morgan fingerprint density at radius 3 is 2.75 bits per heavy atom. The van der Waals surface area contributed by atoms with Gasteiger partial charge in [0, 0.05) is 25.7 Å². The molecule has 0 aliphatic heterocycles. The molecule has 0 atom stereocenters. The van der Waals surface area contributed by atoms with Crippen LogP contribution in [0.2, 0.25) is 0 Å². The van der Waals surface area contributed by atoms with Crippen molar-refractivity contribution in [3.63, 3.8) is 0 Å². The van der Waals surface area contributed by atoms with Gasteiger partial charge in [-0.25, -0.2) is 4.39 Å². The molecule has 88 valence electrons. The van der Waals surface area contributed by atoms with Crippen molar-refractivity contribution >= 4 is 5.69 Å². The summed E-state index contributed by atoms with van der Waals surface area (Å²) in [5.41, 5.74) is 5.71. The number of nitro benzene ring substituents is 1. The van der Waals surface area contributed by atoms with E-state index in [9.17, 15) is 14.5 Å². The van der Waals surface area contributed by atoms with E-state index in [1.165, 1.54) is 12.1 Å². The molecule has 1 aromatic rings. The zero-order valence-corrected chi connectivity index (χ0v) is 9.02. The molecule has 0 amide bonds. The van der Waals surface area contributed by atoms with Crippen LogP contribution < -0.4 is 5.73 Å². The Balaban J connectivity index is 2.84. The van der Waals surface area contributed by atoms with Gasteiger partial charge in [0.2, 0.25) is 0 Å². The second-order valence-electron chi connectivity index (χ2n) is 3.60. The predicted octanol–water partition coefficient (Wildman–Crippen LogP) is 1.12. The first-order valence-corrected chi connectivity index (χ1v) is 4.85. The SMILES string of the molecule is CN(CCN)Cc1cc(F)cc([N+](=O)[O-])c1. The van der Waals surface area contributed by atoms with Gasteiger partial charge in [-0.3, -0.25) is 10.1 Å². The lowest BCUT2D eigenvalue weighted by Crippen LogP contribution is -2.25. The van der Waals surface area contributed by atoms with Gasteiger partial charge in [0.05, 0.1) is 11.0 Å². The van der Waals surface area contributed by atoms with Crippen molar-refractivity contribution in [2.75, 3.05) is 20.1 Å². The number of rotatable bonds is 5. The first-order chi connectivity index (χ1) is 7.52. The summed E-state index contributed by atoms with van der Waals surface area (Å²) < 4.78 is 13.1. The highest BCUT2D eigenvalue weighted by Crippen LogP contribution is 2.17. The molecule has 0 fully saturated rings. The van der Waals surface area contributed by atoms with E-state index in [0.29, 0.717) is 25.2 Å². The summed E-state index contributed by atoms with van der Waals surface area (Å²) in [7, 11) is 1.82. The average molecular weight is 227 g/mol. The lowest BCUT2D eigenvalue weighted by Gasteiger charge is -2.15. The molecule has 0 spiro atoms. The highest BCUT2D eigenvalue weighted by molar-refractivity contribution is 5.35. The molecule has 0 saturated carbocycles. The van der Waals surface area contributed by atoms with Gasteiger partial charge in [0.1, 0.15) is 5.82 Å². The van der Waals surface area contributed by atoms with Crippen LogP contribution in [0.15, 0.2) is 18.2 Å². The van der Waals surface area contributed by atoms with E-state index in [1.807, 2.05) is 11.9 Å². The standard InChI is InChI=1S/C10H14FN3O2/c1-13(3-2-12)7-8-4-9(11)6-10(5-8)14(15)16/h4-6H,2-3,7,12H2,1H3. The van der Waals surface area contributed by atoms with Crippen molar-refractivity contribution in [2.45, 2.75) is 6.54 Å². The topological polar surface area (TPSA) is 72.4 Å². The van der Waals surface area contributed by atoms with Crippen LogP contribution in [0.1, 0.15) is 5.56 Å². The number of nitrogens with zero attached hydrogens (tertiary/aromatic N) is 2. The minimum absolute atomic E-state index is 0.226. The molecule has 0 aliphatic carbocycles. The lowest BCUT2D eigenvalue weighted by molar-refractivity contribution is -0.385. The van der Waals surface area contributed by atoms with Crippen molar-refractivity contribution < 1.29 is 9.31 Å². The summed E-state index contributed by atoms with van der Waals surface area (Å²) in [5, 5.41) is 10.5. The smallest absolute Gasteiger partial charge is 0.272 e. The third kappa shape index (κ3) is 3.56. The maximum absolute atomic E-state index is 13.1. The maximum Gasteiger partial charge on any atom is 0.272 e. The monoisotopic (exact) mass is 227 g/mol. The Hall–Kier alpha value is -1.53. The van der Waals surface area contributed by atoms with Crippen molar-refractivity contribution in [1.29, 1.82) is 0 Å². The van der Waals surface area contributed by atoms with Gasteiger partial charge >= 0.3 is 0 Å². The molecular formula is C10H14FN3O2. The van der Waals surface area contributed by atoms with E-state index in [1.54, 1.807) is 0 Å². The van der Waals surface area contributed by atoms with Crippen molar-refractivity contribution in [1.82, 2.24) is 4.90 Å². The Morgan fingerprint density at radius 2 is 2.19 bits per heavy atom. The van der Waals surface area contributed by atoms with Crippen LogP contribution in [-0.2, 0) is 6.54 Å². The number of likely N-dealkylation sites (N-methyl/N-ethyl adjacent to an activating group) is 1. The maximum atomic E-state index is 13.1. The van der Waals surface area contributed by atoms with Gasteiger partial charge < -0.3 is 10.6 Å². The number of hydrogen-bond acceptors (Lipinski definition) is 4. The van der Waals surface area contributed by atoms with E-state index in [-0.39, 0.29) is 5.69 Å². The molecule has 0 heterocycles. The molecule has 0 unspecified atom stereocenters. The molecule has 1 aromatic carbocycles. The third-order valence-corrected chi connectivity index (χ3v) is 2.12. The fourth-order valence-electron chi connectivity index (χ4n) is 1.44. The summed E-state index contributed by atoms with van der Waals surface area (Å²) in [6.07, 6.45) is 0. The molecule has 6 heteroatoms. The molecule has 0 radical (unpaired) electrons. The van der Waals surface area contributed by atoms with E-state index >= 15 is 0 Å². The second-order valence-corrected chi connectivity index (χ2v) is 3.60. The van der Waals surface area contributed by atoms with Crippen LogP contribution in [-0.4, -0.2) is 30.0 Å². The highest BCUT2D eigenvalue weighted by atomic mass is 19.1. The molecule has 5 nitrogen and oxygen atoms in total. The molecule has 2 N–H and O–H groups in total. The summed E-state index contributed by atoms with van der Waals surface area (Å²) >= 11 is 0.